The summed E-state index contributed by atoms with van der Waals surface area (Å²) in [4.78, 5) is 24.9. The standard InChI is InChI=1S/C15H23NO3/c17-14(8-13-6-10-1-2-12(13)5-10)16-4-3-11(9-16)7-15(18)19/h10-13H,1-9H2,(H,18,19). The number of carbonyl (C=O) groups excluding carboxylic acids is 1. The first-order valence-corrected chi connectivity index (χ1v) is 7.61. The molecule has 106 valence electrons. The monoisotopic (exact) mass is 265 g/mol. The van der Waals surface area contributed by atoms with Crippen molar-refractivity contribution in [2.24, 2.45) is 23.7 Å². The van der Waals surface area contributed by atoms with Crippen molar-refractivity contribution < 1.29 is 14.7 Å². The normalized spacial score (nSPS) is 36.9. The molecule has 0 aromatic rings. The topological polar surface area (TPSA) is 57.6 Å². The number of carbonyl (C=O) groups is 2. The van der Waals surface area contributed by atoms with Crippen molar-refractivity contribution in [3.63, 3.8) is 0 Å². The summed E-state index contributed by atoms with van der Waals surface area (Å²) in [5, 5.41) is 8.80. The maximum Gasteiger partial charge on any atom is 0.303 e. The predicted molar refractivity (Wildman–Crippen MR) is 70.5 cm³/mol. The number of aliphatic carboxylic acids is 1. The largest absolute Gasteiger partial charge is 0.481 e. The second-order valence-electron chi connectivity index (χ2n) is 6.73. The van der Waals surface area contributed by atoms with Crippen molar-refractivity contribution in [1.29, 1.82) is 0 Å². The zero-order valence-electron chi connectivity index (χ0n) is 11.4. The molecular formula is C15H23NO3. The number of carboxylic acid groups (broad SMARTS) is 1. The minimum atomic E-state index is -0.743. The van der Waals surface area contributed by atoms with Crippen LogP contribution in [0, 0.1) is 23.7 Å². The first kappa shape index (κ1) is 12.9. The van der Waals surface area contributed by atoms with Gasteiger partial charge in [0.15, 0.2) is 0 Å². The minimum absolute atomic E-state index is 0.168. The molecule has 0 aromatic heterocycles. The number of rotatable bonds is 4. The van der Waals surface area contributed by atoms with E-state index in [1.54, 1.807) is 0 Å². The van der Waals surface area contributed by atoms with E-state index in [9.17, 15) is 9.59 Å². The lowest BCUT2D eigenvalue weighted by molar-refractivity contribution is -0.138. The van der Waals surface area contributed by atoms with E-state index in [-0.39, 0.29) is 18.2 Å². The van der Waals surface area contributed by atoms with E-state index in [0.29, 0.717) is 18.9 Å². The van der Waals surface area contributed by atoms with E-state index in [1.165, 1.54) is 25.7 Å². The molecule has 1 amide bonds. The van der Waals surface area contributed by atoms with Gasteiger partial charge in [-0.25, -0.2) is 0 Å². The Morgan fingerprint density at radius 3 is 2.58 bits per heavy atom. The van der Waals surface area contributed by atoms with Gasteiger partial charge in [-0.15, -0.1) is 0 Å². The van der Waals surface area contributed by atoms with Gasteiger partial charge in [-0.3, -0.25) is 9.59 Å². The van der Waals surface area contributed by atoms with Crippen LogP contribution in [0.15, 0.2) is 0 Å². The zero-order chi connectivity index (χ0) is 13.4. The first-order chi connectivity index (χ1) is 9.11. The Hall–Kier alpha value is -1.06. The Morgan fingerprint density at radius 1 is 1.11 bits per heavy atom. The van der Waals surface area contributed by atoms with Crippen LogP contribution in [0.3, 0.4) is 0 Å². The van der Waals surface area contributed by atoms with Crippen molar-refractivity contribution in [3.8, 4) is 0 Å². The van der Waals surface area contributed by atoms with Gasteiger partial charge in [0.2, 0.25) is 5.91 Å². The van der Waals surface area contributed by atoms with E-state index >= 15 is 0 Å². The minimum Gasteiger partial charge on any atom is -0.481 e. The lowest BCUT2D eigenvalue weighted by Gasteiger charge is -2.24. The van der Waals surface area contributed by atoms with Crippen LogP contribution in [0.4, 0.5) is 0 Å². The second kappa shape index (κ2) is 5.14. The quantitative estimate of drug-likeness (QED) is 0.847. The molecule has 1 aliphatic heterocycles. The van der Waals surface area contributed by atoms with Gasteiger partial charge in [0, 0.05) is 25.9 Å². The summed E-state index contributed by atoms with van der Waals surface area (Å²) >= 11 is 0. The van der Waals surface area contributed by atoms with Crippen LogP contribution in [0.5, 0.6) is 0 Å². The third kappa shape index (κ3) is 2.77. The van der Waals surface area contributed by atoms with E-state index in [1.807, 2.05) is 4.90 Å². The molecule has 2 aliphatic carbocycles. The fourth-order valence-corrected chi connectivity index (χ4v) is 4.45. The Morgan fingerprint density at radius 2 is 1.95 bits per heavy atom. The Balaban J connectivity index is 1.47. The van der Waals surface area contributed by atoms with Gasteiger partial charge in [-0.1, -0.05) is 6.42 Å². The fourth-order valence-electron chi connectivity index (χ4n) is 4.45. The smallest absolute Gasteiger partial charge is 0.303 e. The highest BCUT2D eigenvalue weighted by Gasteiger charge is 2.41. The summed E-state index contributed by atoms with van der Waals surface area (Å²) in [6, 6.07) is 0. The molecule has 4 heteroatoms. The van der Waals surface area contributed by atoms with Crippen molar-refractivity contribution in [1.82, 2.24) is 4.90 Å². The van der Waals surface area contributed by atoms with Crippen molar-refractivity contribution in [3.05, 3.63) is 0 Å². The molecule has 0 spiro atoms. The van der Waals surface area contributed by atoms with Gasteiger partial charge in [0.25, 0.3) is 0 Å². The first-order valence-electron chi connectivity index (χ1n) is 7.61. The van der Waals surface area contributed by atoms with Crippen LogP contribution < -0.4 is 0 Å². The molecule has 1 saturated heterocycles. The Kier molecular flexibility index (Phi) is 3.50. The highest BCUT2D eigenvalue weighted by atomic mass is 16.4. The maximum atomic E-state index is 12.3. The van der Waals surface area contributed by atoms with Gasteiger partial charge in [-0.05, 0) is 49.4 Å². The average Bonchev–Trinajstić information content (AvgIpc) is 3.03. The molecule has 3 rings (SSSR count). The summed E-state index contributed by atoms with van der Waals surface area (Å²) in [5.74, 6) is 2.00. The Bertz CT molecular complexity index is 382. The summed E-state index contributed by atoms with van der Waals surface area (Å²) in [6.07, 6.45) is 7.07. The summed E-state index contributed by atoms with van der Waals surface area (Å²) in [6.45, 7) is 1.42. The fraction of sp³-hybridized carbons (Fsp3) is 0.867. The SMILES string of the molecule is O=C(O)CC1CCN(C(=O)CC2CC3CCC2C3)C1. The van der Waals surface area contributed by atoms with Crippen LogP contribution in [-0.2, 0) is 9.59 Å². The molecule has 2 bridgehead atoms. The number of hydrogen-bond acceptors (Lipinski definition) is 2. The van der Waals surface area contributed by atoms with Gasteiger partial charge >= 0.3 is 5.97 Å². The van der Waals surface area contributed by atoms with E-state index in [4.69, 9.17) is 5.11 Å². The molecule has 1 heterocycles. The lowest BCUT2D eigenvalue weighted by Crippen LogP contribution is -2.31. The number of carboxylic acids is 1. The van der Waals surface area contributed by atoms with E-state index in [2.05, 4.69) is 0 Å². The van der Waals surface area contributed by atoms with Crippen molar-refractivity contribution >= 4 is 11.9 Å². The van der Waals surface area contributed by atoms with Crippen LogP contribution in [-0.4, -0.2) is 35.0 Å². The lowest BCUT2D eigenvalue weighted by atomic mass is 9.86. The van der Waals surface area contributed by atoms with E-state index < -0.39 is 5.97 Å². The van der Waals surface area contributed by atoms with Gasteiger partial charge < -0.3 is 10.0 Å². The van der Waals surface area contributed by atoms with Crippen LogP contribution in [0.25, 0.3) is 0 Å². The molecular weight excluding hydrogens is 242 g/mol. The van der Waals surface area contributed by atoms with Crippen molar-refractivity contribution in [2.45, 2.75) is 44.9 Å². The predicted octanol–water partition coefficient (Wildman–Crippen LogP) is 2.14. The highest BCUT2D eigenvalue weighted by molar-refractivity contribution is 5.77. The van der Waals surface area contributed by atoms with Crippen LogP contribution >= 0.6 is 0 Å². The van der Waals surface area contributed by atoms with Gasteiger partial charge in [0.1, 0.15) is 0 Å². The van der Waals surface area contributed by atoms with Crippen LogP contribution in [0.2, 0.25) is 0 Å². The molecule has 4 nitrogen and oxygen atoms in total. The second-order valence-corrected chi connectivity index (χ2v) is 6.73. The van der Waals surface area contributed by atoms with E-state index in [0.717, 1.165) is 24.8 Å². The average molecular weight is 265 g/mol. The molecule has 3 fully saturated rings. The number of amides is 1. The number of fused-ring (bicyclic) bond motifs is 2. The molecule has 0 aromatic carbocycles. The molecule has 1 N–H and O–H groups in total. The van der Waals surface area contributed by atoms with Gasteiger partial charge in [-0.2, -0.15) is 0 Å². The zero-order valence-corrected chi connectivity index (χ0v) is 11.4. The number of likely N-dealkylation sites (tertiary alicyclic amines) is 1. The summed E-state index contributed by atoms with van der Waals surface area (Å²) in [7, 11) is 0. The third-order valence-electron chi connectivity index (χ3n) is 5.42. The molecule has 4 unspecified atom stereocenters. The molecule has 19 heavy (non-hydrogen) atoms. The molecule has 0 radical (unpaired) electrons. The Labute approximate surface area is 114 Å². The molecule has 2 saturated carbocycles. The maximum absolute atomic E-state index is 12.3. The summed E-state index contributed by atoms with van der Waals surface area (Å²) < 4.78 is 0. The van der Waals surface area contributed by atoms with Gasteiger partial charge in [0.05, 0.1) is 0 Å². The summed E-state index contributed by atoms with van der Waals surface area (Å²) in [5.41, 5.74) is 0. The molecule has 3 aliphatic rings. The number of nitrogens with zero attached hydrogens (tertiary/aromatic N) is 1. The molecule has 4 atom stereocenters. The van der Waals surface area contributed by atoms with Crippen LogP contribution in [0.1, 0.15) is 44.9 Å². The van der Waals surface area contributed by atoms with Crippen molar-refractivity contribution in [2.75, 3.05) is 13.1 Å². The number of hydrogen-bond donors (Lipinski definition) is 1. The third-order valence-corrected chi connectivity index (χ3v) is 5.42. The highest BCUT2D eigenvalue weighted by Crippen LogP contribution is 2.49.